The third-order valence-electron chi connectivity index (χ3n) is 9.92. The molecule has 2 N–H and O–H groups in total. The standard InChI is InChI=1S/C42H78O9/c1-5-7-9-11-13-19-25-31-40(47)50-36(3)35-49-37(4)42(33-27-21-15-17-23-29-38(43)44,34-28-22-16-18-24-30-39(45)46)51-41(48)32-26-20-14-12-10-8-6-2/h36-37H,5-35H2,1-4H3,(H,43,44)(H,45,46). The zero-order valence-corrected chi connectivity index (χ0v) is 33.3. The molecule has 0 radical (unpaired) electrons. The van der Waals surface area contributed by atoms with Gasteiger partial charge in [-0.1, -0.05) is 129 Å². The fourth-order valence-electron chi connectivity index (χ4n) is 6.66. The lowest BCUT2D eigenvalue weighted by Gasteiger charge is -2.39. The summed E-state index contributed by atoms with van der Waals surface area (Å²) in [6.45, 7) is 8.44. The molecule has 51 heavy (non-hydrogen) atoms. The summed E-state index contributed by atoms with van der Waals surface area (Å²) < 4.78 is 18.5. The van der Waals surface area contributed by atoms with Crippen molar-refractivity contribution in [2.24, 2.45) is 0 Å². The van der Waals surface area contributed by atoms with Gasteiger partial charge in [0, 0.05) is 25.7 Å². The molecule has 0 bridgehead atoms. The van der Waals surface area contributed by atoms with Gasteiger partial charge in [0.2, 0.25) is 0 Å². The van der Waals surface area contributed by atoms with Gasteiger partial charge in [-0.2, -0.15) is 0 Å². The first-order valence-electron chi connectivity index (χ1n) is 21.0. The molecule has 0 heterocycles. The van der Waals surface area contributed by atoms with E-state index < -0.39 is 29.7 Å². The van der Waals surface area contributed by atoms with Crippen LogP contribution in [0.1, 0.15) is 220 Å². The molecule has 300 valence electrons. The molecule has 2 unspecified atom stereocenters. The van der Waals surface area contributed by atoms with E-state index in [1.54, 1.807) is 0 Å². The molecule has 0 amide bonds. The zero-order chi connectivity index (χ0) is 38.0. The van der Waals surface area contributed by atoms with E-state index in [0.29, 0.717) is 38.5 Å². The van der Waals surface area contributed by atoms with Crippen molar-refractivity contribution >= 4 is 23.9 Å². The van der Waals surface area contributed by atoms with Crippen LogP contribution in [0.4, 0.5) is 0 Å². The number of hydrogen-bond donors (Lipinski definition) is 2. The van der Waals surface area contributed by atoms with Crippen LogP contribution in [-0.4, -0.2) is 58.5 Å². The highest BCUT2D eigenvalue weighted by atomic mass is 16.6. The Kier molecular flexibility index (Phi) is 32.2. The summed E-state index contributed by atoms with van der Waals surface area (Å²) in [5.74, 6) is -1.94. The van der Waals surface area contributed by atoms with Gasteiger partial charge >= 0.3 is 23.9 Å². The van der Waals surface area contributed by atoms with Crippen molar-refractivity contribution in [3.63, 3.8) is 0 Å². The average Bonchev–Trinajstić information content (AvgIpc) is 3.08. The summed E-state index contributed by atoms with van der Waals surface area (Å²) in [6, 6.07) is 0. The minimum absolute atomic E-state index is 0.180. The van der Waals surface area contributed by atoms with E-state index in [9.17, 15) is 19.2 Å². The van der Waals surface area contributed by atoms with Crippen LogP contribution in [0.15, 0.2) is 0 Å². The molecular formula is C42H78O9. The lowest BCUT2D eigenvalue weighted by molar-refractivity contribution is -0.186. The van der Waals surface area contributed by atoms with Crippen molar-refractivity contribution in [2.75, 3.05) is 6.61 Å². The van der Waals surface area contributed by atoms with Gasteiger partial charge in [-0.3, -0.25) is 19.2 Å². The number of unbranched alkanes of at least 4 members (excludes halogenated alkanes) is 20. The van der Waals surface area contributed by atoms with E-state index in [-0.39, 0.29) is 31.4 Å². The molecule has 0 aliphatic carbocycles. The van der Waals surface area contributed by atoms with Crippen LogP contribution >= 0.6 is 0 Å². The summed E-state index contributed by atoms with van der Waals surface area (Å²) in [4.78, 5) is 47.8. The van der Waals surface area contributed by atoms with Crippen LogP contribution in [0.2, 0.25) is 0 Å². The summed E-state index contributed by atoms with van der Waals surface area (Å²) in [6.07, 6.45) is 25.7. The molecule has 0 saturated heterocycles. The van der Waals surface area contributed by atoms with Crippen molar-refractivity contribution in [3.05, 3.63) is 0 Å². The third-order valence-corrected chi connectivity index (χ3v) is 9.92. The highest BCUT2D eigenvalue weighted by Crippen LogP contribution is 2.34. The van der Waals surface area contributed by atoms with Gasteiger partial charge in [-0.25, -0.2) is 0 Å². The first kappa shape index (κ1) is 48.8. The Labute approximate surface area is 311 Å². The van der Waals surface area contributed by atoms with Crippen LogP contribution < -0.4 is 0 Å². The molecule has 0 aromatic heterocycles. The van der Waals surface area contributed by atoms with E-state index in [1.165, 1.54) is 51.4 Å². The lowest BCUT2D eigenvalue weighted by Crippen LogP contribution is -2.47. The van der Waals surface area contributed by atoms with Crippen molar-refractivity contribution in [1.29, 1.82) is 0 Å². The predicted molar refractivity (Wildman–Crippen MR) is 205 cm³/mol. The van der Waals surface area contributed by atoms with Gasteiger partial charge < -0.3 is 24.4 Å². The first-order valence-corrected chi connectivity index (χ1v) is 21.0. The molecule has 9 heteroatoms. The number of ether oxygens (including phenoxy) is 3. The Hall–Kier alpha value is -2.16. The molecule has 0 fully saturated rings. The largest absolute Gasteiger partial charge is 0.481 e. The quantitative estimate of drug-likeness (QED) is 0.0470. The summed E-state index contributed by atoms with van der Waals surface area (Å²) in [5, 5.41) is 17.9. The number of carboxylic acid groups (broad SMARTS) is 2. The molecule has 0 aliphatic rings. The van der Waals surface area contributed by atoms with E-state index in [2.05, 4.69) is 13.8 Å². The highest BCUT2D eigenvalue weighted by molar-refractivity contribution is 5.70. The maximum absolute atomic E-state index is 13.4. The fourth-order valence-corrected chi connectivity index (χ4v) is 6.66. The average molecular weight is 727 g/mol. The molecule has 0 aliphatic heterocycles. The Morgan fingerprint density at radius 3 is 1.25 bits per heavy atom. The summed E-state index contributed by atoms with van der Waals surface area (Å²) >= 11 is 0. The number of esters is 2. The number of carboxylic acids is 2. The SMILES string of the molecule is CCCCCCCCCC(=O)OC(C)COC(C)C(CCCCCCCC(=O)O)(CCCCCCCC(=O)O)OC(=O)CCCCCCCCC. The summed E-state index contributed by atoms with van der Waals surface area (Å²) in [5.41, 5.74) is -0.832. The maximum atomic E-state index is 13.4. The van der Waals surface area contributed by atoms with Gasteiger partial charge in [-0.15, -0.1) is 0 Å². The molecule has 0 aromatic carbocycles. The molecule has 0 rings (SSSR count). The molecule has 9 nitrogen and oxygen atoms in total. The van der Waals surface area contributed by atoms with E-state index >= 15 is 0 Å². The Balaban J connectivity index is 5.42. The molecule has 0 spiro atoms. The van der Waals surface area contributed by atoms with E-state index in [1.807, 2.05) is 13.8 Å². The Bertz CT molecular complexity index is 846. The highest BCUT2D eigenvalue weighted by Gasteiger charge is 2.40. The normalized spacial score (nSPS) is 12.8. The van der Waals surface area contributed by atoms with Gasteiger partial charge in [0.15, 0.2) is 0 Å². The van der Waals surface area contributed by atoms with Gasteiger partial charge in [0.1, 0.15) is 11.7 Å². The van der Waals surface area contributed by atoms with Gasteiger partial charge in [0.25, 0.3) is 0 Å². The van der Waals surface area contributed by atoms with Crippen molar-refractivity contribution in [1.82, 2.24) is 0 Å². The Morgan fingerprint density at radius 2 is 0.843 bits per heavy atom. The maximum Gasteiger partial charge on any atom is 0.306 e. The van der Waals surface area contributed by atoms with E-state index in [4.69, 9.17) is 24.4 Å². The lowest BCUT2D eigenvalue weighted by atomic mass is 9.84. The zero-order valence-electron chi connectivity index (χ0n) is 33.3. The minimum Gasteiger partial charge on any atom is -0.481 e. The van der Waals surface area contributed by atoms with Crippen molar-refractivity contribution in [3.8, 4) is 0 Å². The second-order valence-electron chi connectivity index (χ2n) is 14.9. The Morgan fingerprint density at radius 1 is 0.490 bits per heavy atom. The van der Waals surface area contributed by atoms with Crippen LogP contribution in [-0.2, 0) is 33.4 Å². The van der Waals surface area contributed by atoms with Crippen LogP contribution in [0.5, 0.6) is 0 Å². The third kappa shape index (κ3) is 30.0. The fraction of sp³-hybridized carbons (Fsp3) is 0.905. The van der Waals surface area contributed by atoms with E-state index in [0.717, 1.165) is 89.9 Å². The topological polar surface area (TPSA) is 136 Å². The number of aliphatic carboxylic acids is 2. The number of carbonyl (C=O) groups is 4. The number of carbonyl (C=O) groups excluding carboxylic acids is 2. The van der Waals surface area contributed by atoms with Crippen molar-refractivity contribution in [2.45, 2.75) is 238 Å². The first-order chi connectivity index (χ1) is 24.6. The van der Waals surface area contributed by atoms with Crippen molar-refractivity contribution < 1.29 is 43.6 Å². The molecule has 0 saturated carbocycles. The minimum atomic E-state index is -0.832. The van der Waals surface area contributed by atoms with Crippen LogP contribution in [0.3, 0.4) is 0 Å². The monoisotopic (exact) mass is 727 g/mol. The molecular weight excluding hydrogens is 648 g/mol. The van der Waals surface area contributed by atoms with Crippen LogP contribution in [0.25, 0.3) is 0 Å². The molecule has 2 atom stereocenters. The van der Waals surface area contributed by atoms with Gasteiger partial charge in [0.05, 0.1) is 12.7 Å². The number of rotatable bonds is 38. The van der Waals surface area contributed by atoms with Crippen LogP contribution in [0, 0.1) is 0 Å². The summed E-state index contributed by atoms with van der Waals surface area (Å²) in [7, 11) is 0. The second kappa shape index (κ2) is 33.7. The van der Waals surface area contributed by atoms with Gasteiger partial charge in [-0.05, 0) is 65.2 Å². The smallest absolute Gasteiger partial charge is 0.306 e. The molecule has 0 aromatic rings. The number of hydrogen-bond acceptors (Lipinski definition) is 7. The second-order valence-corrected chi connectivity index (χ2v) is 14.9. The predicted octanol–water partition coefficient (Wildman–Crippen LogP) is 11.5.